The number of rotatable bonds is 3. The van der Waals surface area contributed by atoms with Crippen LogP contribution < -0.4 is 4.83 Å². The van der Waals surface area contributed by atoms with Gasteiger partial charge in [-0.2, -0.15) is 13.5 Å². The van der Waals surface area contributed by atoms with E-state index in [9.17, 15) is 8.42 Å². The molecular formula is C16H18N2O2S. The zero-order valence-electron chi connectivity index (χ0n) is 11.9. The topological polar surface area (TPSA) is 58.5 Å². The van der Waals surface area contributed by atoms with E-state index in [4.69, 9.17) is 0 Å². The van der Waals surface area contributed by atoms with Gasteiger partial charge in [-0.3, -0.25) is 0 Å². The Morgan fingerprint density at radius 2 is 1.95 bits per heavy atom. The molecule has 0 spiro atoms. The van der Waals surface area contributed by atoms with Crippen LogP contribution >= 0.6 is 0 Å². The summed E-state index contributed by atoms with van der Waals surface area (Å²) in [5, 5.41) is 4.24. The molecule has 0 aliphatic heterocycles. The van der Waals surface area contributed by atoms with Crippen molar-refractivity contribution in [3.63, 3.8) is 0 Å². The van der Waals surface area contributed by atoms with Crippen LogP contribution in [-0.4, -0.2) is 14.1 Å². The Bertz CT molecular complexity index is 734. The van der Waals surface area contributed by atoms with Gasteiger partial charge in [0.2, 0.25) is 0 Å². The highest BCUT2D eigenvalue weighted by Crippen LogP contribution is 2.56. The first-order valence-electron chi connectivity index (χ1n) is 7.38. The lowest BCUT2D eigenvalue weighted by atomic mass is 9.88. The van der Waals surface area contributed by atoms with Crippen molar-refractivity contribution in [2.75, 3.05) is 0 Å². The van der Waals surface area contributed by atoms with Crippen molar-refractivity contribution in [2.45, 2.75) is 24.7 Å². The van der Waals surface area contributed by atoms with Crippen LogP contribution in [0.1, 0.15) is 18.4 Å². The van der Waals surface area contributed by atoms with Gasteiger partial charge >= 0.3 is 0 Å². The number of hydrazone groups is 1. The predicted molar refractivity (Wildman–Crippen MR) is 81.3 cm³/mol. The zero-order chi connectivity index (χ0) is 14.6. The van der Waals surface area contributed by atoms with Gasteiger partial charge in [-0.1, -0.05) is 29.8 Å². The summed E-state index contributed by atoms with van der Waals surface area (Å²) in [4.78, 5) is 2.68. The third kappa shape index (κ3) is 2.02. The molecule has 110 valence electrons. The lowest BCUT2D eigenvalue weighted by Gasteiger charge is -2.19. The predicted octanol–water partition coefficient (Wildman–Crippen LogP) is 2.47. The first kappa shape index (κ1) is 13.1. The fourth-order valence-corrected chi connectivity index (χ4v) is 4.87. The van der Waals surface area contributed by atoms with Crippen LogP contribution in [0.15, 0.2) is 46.4 Å². The molecule has 4 rings (SSSR count). The van der Waals surface area contributed by atoms with Gasteiger partial charge in [-0.05, 0) is 49.7 Å². The Morgan fingerprint density at radius 3 is 2.62 bits per heavy atom. The molecule has 4 unspecified atom stereocenters. The number of benzene rings is 1. The fraction of sp³-hybridized carbons (Fsp3) is 0.438. The Kier molecular flexibility index (Phi) is 2.76. The van der Waals surface area contributed by atoms with Crippen LogP contribution in [0.4, 0.5) is 0 Å². The maximum absolute atomic E-state index is 12.2. The lowest BCUT2D eigenvalue weighted by Crippen LogP contribution is -2.24. The number of nitrogens with one attached hydrogen (secondary N) is 1. The van der Waals surface area contributed by atoms with Crippen LogP contribution in [-0.2, 0) is 10.0 Å². The molecule has 3 aliphatic rings. The second-order valence-corrected chi connectivity index (χ2v) is 8.01. The third-order valence-electron chi connectivity index (χ3n) is 5.13. The molecule has 0 saturated heterocycles. The van der Waals surface area contributed by atoms with E-state index < -0.39 is 10.0 Å². The zero-order valence-corrected chi connectivity index (χ0v) is 12.7. The minimum atomic E-state index is -3.55. The van der Waals surface area contributed by atoms with Crippen molar-refractivity contribution in [3.05, 3.63) is 42.0 Å². The molecule has 0 radical (unpaired) electrons. The smallest absolute Gasteiger partial charge is 0.200 e. The van der Waals surface area contributed by atoms with Gasteiger partial charge in [-0.25, -0.2) is 4.83 Å². The van der Waals surface area contributed by atoms with E-state index in [1.165, 1.54) is 0 Å². The highest BCUT2D eigenvalue weighted by molar-refractivity contribution is 7.89. The molecule has 0 aromatic heterocycles. The van der Waals surface area contributed by atoms with Gasteiger partial charge in [0.25, 0.3) is 10.0 Å². The van der Waals surface area contributed by atoms with Gasteiger partial charge in [-0.15, -0.1) is 0 Å². The molecule has 0 amide bonds. The van der Waals surface area contributed by atoms with Crippen molar-refractivity contribution in [3.8, 4) is 0 Å². The summed E-state index contributed by atoms with van der Waals surface area (Å²) in [5.74, 6) is 2.41. The number of aryl methyl sites for hydroxylation is 1. The second-order valence-electron chi connectivity index (χ2n) is 6.35. The molecule has 1 aromatic carbocycles. The van der Waals surface area contributed by atoms with Crippen LogP contribution in [0.2, 0.25) is 0 Å². The summed E-state index contributed by atoms with van der Waals surface area (Å²) in [6.07, 6.45) is 6.68. The van der Waals surface area contributed by atoms with Gasteiger partial charge in [0.1, 0.15) is 0 Å². The Balaban J connectivity index is 1.53. The molecule has 2 fully saturated rings. The quantitative estimate of drug-likeness (QED) is 0.689. The molecule has 21 heavy (non-hydrogen) atoms. The van der Waals surface area contributed by atoms with E-state index >= 15 is 0 Å². The van der Waals surface area contributed by atoms with E-state index in [1.807, 2.05) is 6.92 Å². The number of sulfonamides is 1. The highest BCUT2D eigenvalue weighted by Gasteiger charge is 2.52. The number of allylic oxidation sites excluding steroid dienone is 2. The highest BCUT2D eigenvalue weighted by atomic mass is 32.2. The van der Waals surface area contributed by atoms with Crippen molar-refractivity contribution in [1.29, 1.82) is 0 Å². The maximum Gasteiger partial charge on any atom is 0.276 e. The standard InChI is InChI=1S/C16H18N2O2S/c1-10-2-5-12(6-3-10)21(19,20)18-17-16-9-14-11-4-7-13(14)15(16)8-11/h2-7,11,13-15,18H,8-9H2,1H3/b17-16-. The minimum absolute atomic E-state index is 0.266. The molecule has 4 atom stereocenters. The molecule has 0 heterocycles. The van der Waals surface area contributed by atoms with Crippen LogP contribution in [0.5, 0.6) is 0 Å². The largest absolute Gasteiger partial charge is 0.276 e. The minimum Gasteiger partial charge on any atom is -0.200 e. The van der Waals surface area contributed by atoms with E-state index in [2.05, 4.69) is 22.1 Å². The molecule has 5 heteroatoms. The van der Waals surface area contributed by atoms with Gasteiger partial charge in [0.15, 0.2) is 0 Å². The van der Waals surface area contributed by atoms with Gasteiger partial charge in [0, 0.05) is 11.6 Å². The van der Waals surface area contributed by atoms with Crippen molar-refractivity contribution >= 4 is 15.7 Å². The van der Waals surface area contributed by atoms with Crippen molar-refractivity contribution in [1.82, 2.24) is 4.83 Å². The average Bonchev–Trinajstić information content (AvgIpc) is 3.12. The molecule has 2 saturated carbocycles. The first-order valence-corrected chi connectivity index (χ1v) is 8.86. The summed E-state index contributed by atoms with van der Waals surface area (Å²) in [5.41, 5.74) is 2.07. The van der Waals surface area contributed by atoms with E-state index in [-0.39, 0.29) is 4.90 Å². The fourth-order valence-electron chi connectivity index (χ4n) is 4.03. The number of hydrogen-bond donors (Lipinski definition) is 1. The average molecular weight is 302 g/mol. The maximum atomic E-state index is 12.2. The first-order chi connectivity index (χ1) is 10.0. The molecule has 3 aliphatic carbocycles. The summed E-state index contributed by atoms with van der Waals surface area (Å²) >= 11 is 0. The summed E-state index contributed by atoms with van der Waals surface area (Å²) < 4.78 is 24.5. The Morgan fingerprint density at radius 1 is 1.19 bits per heavy atom. The van der Waals surface area contributed by atoms with E-state index in [0.29, 0.717) is 23.7 Å². The molecule has 4 bridgehead atoms. The number of nitrogens with zero attached hydrogens (tertiary/aromatic N) is 1. The summed E-state index contributed by atoms with van der Waals surface area (Å²) in [6, 6.07) is 6.82. The lowest BCUT2D eigenvalue weighted by molar-refractivity contribution is 0.462. The van der Waals surface area contributed by atoms with Gasteiger partial charge in [0.05, 0.1) is 4.90 Å². The van der Waals surface area contributed by atoms with Crippen LogP contribution in [0, 0.1) is 30.6 Å². The second kappa shape index (κ2) is 4.44. The molecule has 1 N–H and O–H groups in total. The van der Waals surface area contributed by atoms with Crippen LogP contribution in [0.25, 0.3) is 0 Å². The number of hydrogen-bond acceptors (Lipinski definition) is 3. The molecular weight excluding hydrogens is 284 g/mol. The SMILES string of the molecule is Cc1ccc(S(=O)(=O)N/N=C2/CC3C4C=CC3C2C4)cc1. The van der Waals surface area contributed by atoms with E-state index in [1.54, 1.807) is 24.3 Å². The Labute approximate surface area is 125 Å². The monoisotopic (exact) mass is 302 g/mol. The van der Waals surface area contributed by atoms with E-state index in [0.717, 1.165) is 24.1 Å². The van der Waals surface area contributed by atoms with Crippen molar-refractivity contribution < 1.29 is 8.42 Å². The van der Waals surface area contributed by atoms with Gasteiger partial charge < -0.3 is 0 Å². The normalized spacial score (nSPS) is 34.8. The Hall–Kier alpha value is -1.62. The van der Waals surface area contributed by atoms with Crippen molar-refractivity contribution in [2.24, 2.45) is 28.8 Å². The molecule has 4 nitrogen and oxygen atoms in total. The third-order valence-corrected chi connectivity index (χ3v) is 6.35. The summed E-state index contributed by atoms with van der Waals surface area (Å²) in [7, 11) is -3.55. The van der Waals surface area contributed by atoms with Crippen LogP contribution in [0.3, 0.4) is 0 Å². The summed E-state index contributed by atoms with van der Waals surface area (Å²) in [6.45, 7) is 1.93. The molecule has 1 aromatic rings.